The lowest BCUT2D eigenvalue weighted by Crippen LogP contribution is -2.01. The van der Waals surface area contributed by atoms with Gasteiger partial charge in [0, 0.05) is 10.5 Å². The lowest BCUT2D eigenvalue weighted by atomic mass is 10.0. The van der Waals surface area contributed by atoms with Gasteiger partial charge in [-0.05, 0) is 51.3 Å². The third kappa shape index (κ3) is 2.88. The first-order valence-electron chi connectivity index (χ1n) is 5.06. The summed E-state index contributed by atoms with van der Waals surface area (Å²) in [6, 6.07) is 7.76. The van der Waals surface area contributed by atoms with Gasteiger partial charge in [0.2, 0.25) is 0 Å². The van der Waals surface area contributed by atoms with Crippen LogP contribution in [0.15, 0.2) is 40.9 Å². The monoisotopic (exact) mass is 332 g/mol. The fourth-order valence-electron chi connectivity index (χ4n) is 1.61. The maximum Gasteiger partial charge on any atom is 0.126 e. The highest BCUT2D eigenvalue weighted by Gasteiger charge is 2.14. The fraction of sp³-hybridized carbons (Fsp3) is 0.0769. The van der Waals surface area contributed by atoms with Crippen molar-refractivity contribution < 1.29 is 13.9 Å². The molecular weight excluding hydrogens is 325 g/mol. The van der Waals surface area contributed by atoms with E-state index in [0.717, 1.165) is 18.2 Å². The third-order valence-electron chi connectivity index (χ3n) is 2.46. The summed E-state index contributed by atoms with van der Waals surface area (Å²) in [6.07, 6.45) is -1.12. The molecule has 0 heterocycles. The maximum atomic E-state index is 13.1. The quantitative estimate of drug-likeness (QED) is 0.860. The molecule has 2 aromatic rings. The van der Waals surface area contributed by atoms with E-state index in [1.807, 2.05) is 0 Å². The number of aliphatic hydroxyl groups is 1. The van der Waals surface area contributed by atoms with Crippen molar-refractivity contribution in [1.29, 1.82) is 0 Å². The number of benzene rings is 2. The predicted molar refractivity (Wildman–Crippen MR) is 69.6 cm³/mol. The third-order valence-corrected chi connectivity index (χ3v) is 3.69. The van der Waals surface area contributed by atoms with Crippen molar-refractivity contribution in [3.8, 4) is 0 Å². The second-order valence-electron chi connectivity index (χ2n) is 3.78. The van der Waals surface area contributed by atoms with Crippen LogP contribution in [0.25, 0.3) is 0 Å². The van der Waals surface area contributed by atoms with Gasteiger partial charge in [-0.1, -0.05) is 17.7 Å². The summed E-state index contributed by atoms with van der Waals surface area (Å²) in [5.74, 6) is -1.46. The molecule has 1 N–H and O–H groups in total. The first-order valence-corrected chi connectivity index (χ1v) is 6.23. The molecule has 0 saturated carbocycles. The minimum absolute atomic E-state index is 0.144. The van der Waals surface area contributed by atoms with Gasteiger partial charge in [-0.25, -0.2) is 8.78 Å². The number of aliphatic hydroxyl groups excluding tert-OH is 1. The van der Waals surface area contributed by atoms with Crippen LogP contribution in [-0.4, -0.2) is 5.11 Å². The van der Waals surface area contributed by atoms with Gasteiger partial charge in [-0.3, -0.25) is 0 Å². The van der Waals surface area contributed by atoms with Crippen molar-refractivity contribution in [1.82, 2.24) is 0 Å². The average Bonchev–Trinajstić information content (AvgIpc) is 2.30. The highest BCUT2D eigenvalue weighted by molar-refractivity contribution is 9.10. The minimum atomic E-state index is -1.12. The Kier molecular flexibility index (Phi) is 4.00. The molecule has 5 heteroatoms. The normalized spacial score (nSPS) is 12.5. The van der Waals surface area contributed by atoms with E-state index >= 15 is 0 Å². The van der Waals surface area contributed by atoms with Crippen LogP contribution in [0, 0.1) is 11.6 Å². The smallest absolute Gasteiger partial charge is 0.126 e. The largest absolute Gasteiger partial charge is 0.384 e. The SMILES string of the molecule is OC(c1cc(F)cc(F)c1)c1ccc(Br)c(Cl)c1. The van der Waals surface area contributed by atoms with Gasteiger partial charge in [-0.2, -0.15) is 0 Å². The lowest BCUT2D eigenvalue weighted by Gasteiger charge is -2.12. The molecule has 0 saturated heterocycles. The van der Waals surface area contributed by atoms with Gasteiger partial charge in [-0.15, -0.1) is 0 Å². The minimum Gasteiger partial charge on any atom is -0.384 e. The summed E-state index contributed by atoms with van der Waals surface area (Å²) >= 11 is 9.13. The molecule has 0 aromatic heterocycles. The number of hydrogen-bond acceptors (Lipinski definition) is 1. The molecule has 1 atom stereocenters. The van der Waals surface area contributed by atoms with E-state index in [4.69, 9.17) is 11.6 Å². The molecular formula is C13H8BrClF2O. The molecule has 18 heavy (non-hydrogen) atoms. The zero-order valence-corrected chi connectivity index (χ0v) is 11.3. The molecule has 0 fully saturated rings. The molecule has 94 valence electrons. The molecule has 0 amide bonds. The zero-order chi connectivity index (χ0) is 13.3. The van der Waals surface area contributed by atoms with Crippen molar-refractivity contribution in [2.75, 3.05) is 0 Å². The molecule has 0 aliphatic carbocycles. The van der Waals surface area contributed by atoms with E-state index < -0.39 is 17.7 Å². The topological polar surface area (TPSA) is 20.2 Å². The highest BCUT2D eigenvalue weighted by atomic mass is 79.9. The summed E-state index contributed by atoms with van der Waals surface area (Å²) in [6.45, 7) is 0. The molecule has 0 bridgehead atoms. The summed E-state index contributed by atoms with van der Waals surface area (Å²) in [4.78, 5) is 0. The molecule has 0 spiro atoms. The fourth-order valence-corrected chi connectivity index (χ4v) is 2.04. The second-order valence-corrected chi connectivity index (χ2v) is 5.04. The summed E-state index contributed by atoms with van der Waals surface area (Å²) in [5, 5.41) is 10.5. The summed E-state index contributed by atoms with van der Waals surface area (Å²) in [7, 11) is 0. The Labute approximate surface area is 116 Å². The van der Waals surface area contributed by atoms with E-state index in [1.54, 1.807) is 18.2 Å². The Hall–Kier alpha value is -0.970. The molecule has 0 aliphatic heterocycles. The first kappa shape index (κ1) is 13.5. The van der Waals surface area contributed by atoms with Crippen LogP contribution >= 0.6 is 27.5 Å². The van der Waals surface area contributed by atoms with Crippen molar-refractivity contribution in [2.45, 2.75) is 6.10 Å². The van der Waals surface area contributed by atoms with Crippen LogP contribution in [0.4, 0.5) is 8.78 Å². The molecule has 2 rings (SSSR count). The van der Waals surface area contributed by atoms with Crippen LogP contribution in [0.1, 0.15) is 17.2 Å². The molecule has 0 aliphatic rings. The van der Waals surface area contributed by atoms with E-state index in [9.17, 15) is 13.9 Å². The van der Waals surface area contributed by atoms with Crippen molar-refractivity contribution in [2.24, 2.45) is 0 Å². The van der Waals surface area contributed by atoms with Crippen LogP contribution in [0.5, 0.6) is 0 Å². The number of hydrogen-bond donors (Lipinski definition) is 1. The maximum absolute atomic E-state index is 13.1. The Bertz CT molecular complexity index is 569. The van der Waals surface area contributed by atoms with Gasteiger partial charge < -0.3 is 5.11 Å². The van der Waals surface area contributed by atoms with Gasteiger partial charge in [0.15, 0.2) is 0 Å². The van der Waals surface area contributed by atoms with Crippen molar-refractivity contribution in [3.63, 3.8) is 0 Å². The van der Waals surface area contributed by atoms with E-state index in [0.29, 0.717) is 15.1 Å². The Morgan fingerprint density at radius 3 is 2.17 bits per heavy atom. The van der Waals surface area contributed by atoms with Gasteiger partial charge in [0.05, 0.1) is 5.02 Å². The Morgan fingerprint density at radius 1 is 1.00 bits per heavy atom. The molecule has 1 unspecified atom stereocenters. The van der Waals surface area contributed by atoms with Crippen LogP contribution in [-0.2, 0) is 0 Å². The summed E-state index contributed by atoms with van der Waals surface area (Å²) in [5.41, 5.74) is 0.610. The van der Waals surface area contributed by atoms with Crippen LogP contribution < -0.4 is 0 Å². The second kappa shape index (κ2) is 5.34. The molecule has 1 nitrogen and oxygen atoms in total. The Balaban J connectivity index is 2.40. The number of rotatable bonds is 2. The van der Waals surface area contributed by atoms with Gasteiger partial charge in [0.1, 0.15) is 17.7 Å². The van der Waals surface area contributed by atoms with Crippen molar-refractivity contribution >= 4 is 27.5 Å². The van der Waals surface area contributed by atoms with E-state index in [-0.39, 0.29) is 5.56 Å². The van der Waals surface area contributed by atoms with Gasteiger partial charge in [0.25, 0.3) is 0 Å². The van der Waals surface area contributed by atoms with Crippen LogP contribution in [0.2, 0.25) is 5.02 Å². The highest BCUT2D eigenvalue weighted by Crippen LogP contribution is 2.29. The zero-order valence-electron chi connectivity index (χ0n) is 9.00. The number of halogens is 4. The lowest BCUT2D eigenvalue weighted by molar-refractivity contribution is 0.219. The van der Waals surface area contributed by atoms with Gasteiger partial charge >= 0.3 is 0 Å². The Morgan fingerprint density at radius 2 is 1.61 bits per heavy atom. The first-order chi connectivity index (χ1) is 8.47. The molecule has 0 radical (unpaired) electrons. The standard InChI is InChI=1S/C13H8BrClF2O/c14-11-2-1-7(5-12(11)15)13(18)8-3-9(16)6-10(17)4-8/h1-6,13,18H. The van der Waals surface area contributed by atoms with Crippen molar-refractivity contribution in [3.05, 3.63) is 68.7 Å². The average molecular weight is 334 g/mol. The van der Waals surface area contributed by atoms with E-state index in [1.165, 1.54) is 0 Å². The van der Waals surface area contributed by atoms with E-state index in [2.05, 4.69) is 15.9 Å². The molecule has 2 aromatic carbocycles. The predicted octanol–water partition coefficient (Wildman–Crippen LogP) is 4.46. The van der Waals surface area contributed by atoms with Crippen LogP contribution in [0.3, 0.4) is 0 Å². The summed E-state index contributed by atoms with van der Waals surface area (Å²) < 4.78 is 26.8.